The van der Waals surface area contributed by atoms with Crippen LogP contribution in [0.5, 0.6) is 11.5 Å². The highest BCUT2D eigenvalue weighted by Gasteiger charge is 2.21. The van der Waals surface area contributed by atoms with E-state index in [0.717, 1.165) is 17.7 Å². The van der Waals surface area contributed by atoms with Crippen molar-refractivity contribution in [2.75, 3.05) is 40.1 Å². The third kappa shape index (κ3) is 4.53. The molecule has 0 bridgehead atoms. The smallest absolute Gasteiger partial charge is 0.190 e. The number of rotatable bonds is 8. The first-order valence-corrected chi connectivity index (χ1v) is 10.7. The fourth-order valence-electron chi connectivity index (χ4n) is 3.51. The molecule has 0 spiro atoms. The lowest BCUT2D eigenvalue weighted by Crippen LogP contribution is -2.19. The molecule has 4 aromatic rings. The molecule has 0 atom stereocenters. The van der Waals surface area contributed by atoms with E-state index in [9.17, 15) is 0 Å². The molecule has 2 aromatic carbocycles. The van der Waals surface area contributed by atoms with Crippen LogP contribution in [0.15, 0.2) is 48.7 Å². The van der Waals surface area contributed by atoms with Crippen molar-refractivity contribution >= 4 is 5.82 Å². The second kappa shape index (κ2) is 9.84. The zero-order valence-electron chi connectivity index (χ0n) is 19.5. The number of pyridine rings is 1. The van der Waals surface area contributed by atoms with Crippen LogP contribution in [-0.4, -0.2) is 64.4 Å². The molecule has 176 valence electrons. The van der Waals surface area contributed by atoms with Gasteiger partial charge in [0.2, 0.25) is 0 Å². The van der Waals surface area contributed by atoms with E-state index in [-0.39, 0.29) is 17.3 Å². The Labute approximate surface area is 196 Å². The second-order valence-corrected chi connectivity index (χ2v) is 7.94. The van der Waals surface area contributed by atoms with Gasteiger partial charge in [0.1, 0.15) is 29.6 Å². The number of nitrogens with two attached hydrogens (primary N) is 1. The molecule has 0 amide bonds. The molecule has 0 saturated heterocycles. The van der Waals surface area contributed by atoms with Gasteiger partial charge in [0, 0.05) is 29.4 Å². The van der Waals surface area contributed by atoms with Gasteiger partial charge in [-0.15, -0.1) is 5.10 Å². The number of ether oxygens (including phenoxy) is 2. The predicted molar refractivity (Wildman–Crippen MR) is 128 cm³/mol. The van der Waals surface area contributed by atoms with E-state index in [1.54, 1.807) is 32.4 Å². The van der Waals surface area contributed by atoms with Crippen LogP contribution in [0.3, 0.4) is 0 Å². The molecule has 9 nitrogen and oxygen atoms in total. The SMILES string of the molecule is COc1ccccc1-c1cnc(N)c(-c2nnnn2-c2ccc(OCCN(C)C)c(C)c2F)c1. The first-order chi connectivity index (χ1) is 16.4. The van der Waals surface area contributed by atoms with E-state index in [1.807, 2.05) is 49.3 Å². The lowest BCUT2D eigenvalue weighted by molar-refractivity contribution is 0.259. The van der Waals surface area contributed by atoms with Gasteiger partial charge < -0.3 is 20.1 Å². The summed E-state index contributed by atoms with van der Waals surface area (Å²) in [7, 11) is 5.50. The van der Waals surface area contributed by atoms with Crippen molar-refractivity contribution in [1.82, 2.24) is 30.1 Å². The summed E-state index contributed by atoms with van der Waals surface area (Å²) in [5.74, 6) is 1.16. The Kier molecular flexibility index (Phi) is 6.69. The second-order valence-electron chi connectivity index (χ2n) is 7.94. The van der Waals surface area contributed by atoms with Crippen molar-refractivity contribution in [3.05, 3.63) is 60.0 Å². The van der Waals surface area contributed by atoms with Gasteiger partial charge in [-0.05, 0) is 55.7 Å². The standard InChI is InChI=1S/C24H26FN7O2/c1-15-20(34-12-11-31(2)3)10-9-19(22(15)25)32-24(28-29-30-32)18-13-16(14-27-23(18)26)17-7-5-6-8-21(17)33-4/h5-10,13-14H,11-12H2,1-4H3,(H2,26,27). The Morgan fingerprint density at radius 3 is 2.65 bits per heavy atom. The van der Waals surface area contributed by atoms with Gasteiger partial charge in [0.05, 0.1) is 12.7 Å². The number of likely N-dealkylation sites (N-methyl/N-ethyl adjacent to an activating group) is 1. The van der Waals surface area contributed by atoms with Crippen LogP contribution in [0.1, 0.15) is 5.56 Å². The van der Waals surface area contributed by atoms with E-state index in [1.165, 1.54) is 4.68 Å². The largest absolute Gasteiger partial charge is 0.496 e. The summed E-state index contributed by atoms with van der Waals surface area (Å²) in [5.41, 5.74) is 8.79. The molecule has 2 N–H and O–H groups in total. The number of anilines is 1. The number of nitrogens with zero attached hydrogens (tertiary/aromatic N) is 6. The molecule has 0 aliphatic rings. The number of hydrogen-bond donors (Lipinski definition) is 1. The molecular weight excluding hydrogens is 437 g/mol. The van der Waals surface area contributed by atoms with Crippen LogP contribution >= 0.6 is 0 Å². The highest BCUT2D eigenvalue weighted by molar-refractivity contribution is 5.79. The lowest BCUT2D eigenvalue weighted by atomic mass is 10.0. The topological polar surface area (TPSA) is 104 Å². The molecule has 0 radical (unpaired) electrons. The van der Waals surface area contributed by atoms with E-state index in [0.29, 0.717) is 29.2 Å². The average molecular weight is 464 g/mol. The first-order valence-electron chi connectivity index (χ1n) is 10.7. The van der Waals surface area contributed by atoms with E-state index in [2.05, 4.69) is 20.5 Å². The van der Waals surface area contributed by atoms with Gasteiger partial charge in [0.15, 0.2) is 11.6 Å². The third-order valence-corrected chi connectivity index (χ3v) is 5.39. The third-order valence-electron chi connectivity index (χ3n) is 5.39. The van der Waals surface area contributed by atoms with Crippen molar-refractivity contribution in [3.8, 4) is 39.7 Å². The number of hydrogen-bond acceptors (Lipinski definition) is 8. The van der Waals surface area contributed by atoms with E-state index in [4.69, 9.17) is 15.2 Å². The Morgan fingerprint density at radius 1 is 1.09 bits per heavy atom. The van der Waals surface area contributed by atoms with Gasteiger partial charge in [-0.3, -0.25) is 0 Å². The van der Waals surface area contributed by atoms with Crippen LogP contribution in [0.2, 0.25) is 0 Å². The van der Waals surface area contributed by atoms with Crippen molar-refractivity contribution in [2.45, 2.75) is 6.92 Å². The first kappa shape index (κ1) is 23.1. The number of tetrazole rings is 1. The van der Waals surface area contributed by atoms with Crippen molar-refractivity contribution in [3.63, 3.8) is 0 Å². The summed E-state index contributed by atoms with van der Waals surface area (Å²) in [6.07, 6.45) is 1.65. The Balaban J connectivity index is 1.73. The minimum atomic E-state index is -0.483. The molecule has 0 aliphatic carbocycles. The molecule has 34 heavy (non-hydrogen) atoms. The van der Waals surface area contributed by atoms with Crippen LogP contribution < -0.4 is 15.2 Å². The van der Waals surface area contributed by atoms with Crippen LogP contribution in [0.25, 0.3) is 28.2 Å². The fourth-order valence-corrected chi connectivity index (χ4v) is 3.51. The number of benzene rings is 2. The van der Waals surface area contributed by atoms with Crippen molar-refractivity contribution < 1.29 is 13.9 Å². The number of nitrogen functional groups attached to an aromatic ring is 1. The van der Waals surface area contributed by atoms with E-state index >= 15 is 4.39 Å². The van der Waals surface area contributed by atoms with Crippen LogP contribution in [-0.2, 0) is 0 Å². The van der Waals surface area contributed by atoms with E-state index < -0.39 is 5.82 Å². The summed E-state index contributed by atoms with van der Waals surface area (Å²) >= 11 is 0. The predicted octanol–water partition coefficient (Wildman–Crippen LogP) is 3.37. The number of methoxy groups -OCH3 is 1. The molecule has 4 rings (SSSR count). The number of aromatic nitrogens is 5. The molecule has 0 unspecified atom stereocenters. The summed E-state index contributed by atoms with van der Waals surface area (Å²) in [6.45, 7) is 2.82. The summed E-state index contributed by atoms with van der Waals surface area (Å²) in [4.78, 5) is 6.31. The summed E-state index contributed by atoms with van der Waals surface area (Å²) < 4.78 is 27.9. The lowest BCUT2D eigenvalue weighted by Gasteiger charge is -2.15. The Morgan fingerprint density at radius 2 is 1.88 bits per heavy atom. The monoisotopic (exact) mass is 463 g/mol. The highest BCUT2D eigenvalue weighted by atomic mass is 19.1. The minimum absolute atomic E-state index is 0.180. The van der Waals surface area contributed by atoms with Gasteiger partial charge in [-0.25, -0.2) is 9.37 Å². The highest BCUT2D eigenvalue weighted by Crippen LogP contribution is 2.34. The molecule has 0 fully saturated rings. The molecule has 2 heterocycles. The van der Waals surface area contributed by atoms with Gasteiger partial charge in [0.25, 0.3) is 0 Å². The van der Waals surface area contributed by atoms with Crippen molar-refractivity contribution in [1.29, 1.82) is 0 Å². The van der Waals surface area contributed by atoms with Gasteiger partial charge in [-0.2, -0.15) is 4.68 Å². The average Bonchev–Trinajstić information content (AvgIpc) is 3.31. The molecule has 10 heteroatoms. The van der Waals surface area contributed by atoms with Crippen LogP contribution in [0, 0.1) is 12.7 Å². The zero-order chi connectivity index (χ0) is 24.2. The summed E-state index contributed by atoms with van der Waals surface area (Å²) in [5, 5.41) is 11.9. The molecular formula is C24H26FN7O2. The molecule has 2 aromatic heterocycles. The molecule has 0 aliphatic heterocycles. The fraction of sp³-hybridized carbons (Fsp3) is 0.250. The number of halogens is 1. The Hall–Kier alpha value is -4.05. The van der Waals surface area contributed by atoms with Crippen molar-refractivity contribution in [2.24, 2.45) is 0 Å². The molecule has 0 saturated carbocycles. The van der Waals surface area contributed by atoms with Gasteiger partial charge in [-0.1, -0.05) is 18.2 Å². The van der Waals surface area contributed by atoms with Gasteiger partial charge >= 0.3 is 0 Å². The maximum atomic E-state index is 15.4. The summed E-state index contributed by atoms with van der Waals surface area (Å²) in [6, 6.07) is 12.7. The number of para-hydroxylation sites is 1. The van der Waals surface area contributed by atoms with Crippen LogP contribution in [0.4, 0.5) is 10.2 Å². The Bertz CT molecular complexity index is 1310. The quantitative estimate of drug-likeness (QED) is 0.424. The maximum absolute atomic E-state index is 15.4. The maximum Gasteiger partial charge on any atom is 0.190 e. The zero-order valence-corrected chi connectivity index (χ0v) is 19.5. The minimum Gasteiger partial charge on any atom is -0.496 e. The normalized spacial score (nSPS) is 11.1.